The molecule has 0 aromatic carbocycles. The number of hydrogen-bond donors (Lipinski definition) is 2. The highest BCUT2D eigenvalue weighted by Gasteiger charge is 2.35. The molecule has 0 amide bonds. The number of carboxylic acid groups (broad SMARTS) is 1. The summed E-state index contributed by atoms with van der Waals surface area (Å²) in [7, 11) is -3.93. The first-order valence-electron chi connectivity index (χ1n) is 4.82. The van der Waals surface area contributed by atoms with Crippen LogP contribution in [0.3, 0.4) is 0 Å². The molecule has 1 rings (SSSR count). The molecule has 1 atom stereocenters. The SMILES string of the molecule is CC(C(=O)O)S(=O)(=O)NC(C)(C)c1nccs1. The van der Waals surface area contributed by atoms with E-state index in [4.69, 9.17) is 5.11 Å². The summed E-state index contributed by atoms with van der Waals surface area (Å²) in [6.45, 7) is 4.40. The molecular formula is C9H14N2O4S2. The summed E-state index contributed by atoms with van der Waals surface area (Å²) in [6, 6.07) is 0. The van der Waals surface area contributed by atoms with E-state index in [0.717, 1.165) is 6.92 Å². The molecule has 17 heavy (non-hydrogen) atoms. The molecule has 0 bridgehead atoms. The van der Waals surface area contributed by atoms with Gasteiger partial charge >= 0.3 is 5.97 Å². The number of sulfonamides is 1. The molecule has 96 valence electrons. The van der Waals surface area contributed by atoms with Gasteiger partial charge in [0.1, 0.15) is 5.01 Å². The van der Waals surface area contributed by atoms with Gasteiger partial charge in [-0.25, -0.2) is 18.1 Å². The molecule has 6 nitrogen and oxygen atoms in total. The summed E-state index contributed by atoms with van der Waals surface area (Å²) < 4.78 is 25.9. The van der Waals surface area contributed by atoms with Crippen LogP contribution in [0.25, 0.3) is 0 Å². The van der Waals surface area contributed by atoms with E-state index in [9.17, 15) is 13.2 Å². The zero-order valence-electron chi connectivity index (χ0n) is 9.67. The molecule has 0 aliphatic rings. The Morgan fingerprint density at radius 1 is 1.59 bits per heavy atom. The monoisotopic (exact) mass is 278 g/mol. The van der Waals surface area contributed by atoms with Crippen molar-refractivity contribution in [2.24, 2.45) is 0 Å². The smallest absolute Gasteiger partial charge is 0.323 e. The van der Waals surface area contributed by atoms with Crippen molar-refractivity contribution in [3.05, 3.63) is 16.6 Å². The van der Waals surface area contributed by atoms with Gasteiger partial charge in [-0.05, 0) is 20.8 Å². The second-order valence-electron chi connectivity index (χ2n) is 4.09. The van der Waals surface area contributed by atoms with Crippen LogP contribution in [0, 0.1) is 0 Å². The van der Waals surface area contributed by atoms with Crippen LogP contribution in [0.15, 0.2) is 11.6 Å². The van der Waals surface area contributed by atoms with Crippen LogP contribution in [0.2, 0.25) is 0 Å². The highest BCUT2D eigenvalue weighted by molar-refractivity contribution is 7.90. The van der Waals surface area contributed by atoms with E-state index in [1.54, 1.807) is 25.4 Å². The summed E-state index contributed by atoms with van der Waals surface area (Å²) in [5.74, 6) is -1.38. The normalized spacial score (nSPS) is 14.5. The first-order chi connectivity index (χ1) is 7.67. The predicted molar refractivity (Wildman–Crippen MR) is 64.3 cm³/mol. The van der Waals surface area contributed by atoms with Crippen molar-refractivity contribution >= 4 is 27.3 Å². The molecule has 1 aromatic rings. The van der Waals surface area contributed by atoms with Gasteiger partial charge in [0, 0.05) is 11.6 Å². The molecular weight excluding hydrogens is 264 g/mol. The van der Waals surface area contributed by atoms with Crippen molar-refractivity contribution < 1.29 is 18.3 Å². The van der Waals surface area contributed by atoms with Gasteiger partial charge in [-0.2, -0.15) is 0 Å². The number of aromatic nitrogens is 1. The quantitative estimate of drug-likeness (QED) is 0.829. The average molecular weight is 278 g/mol. The molecule has 0 fully saturated rings. The fourth-order valence-corrected chi connectivity index (χ4v) is 3.19. The zero-order chi connectivity index (χ0) is 13.3. The van der Waals surface area contributed by atoms with Crippen LogP contribution in [-0.4, -0.2) is 29.7 Å². The van der Waals surface area contributed by atoms with E-state index in [1.807, 2.05) is 0 Å². The van der Waals surface area contributed by atoms with E-state index >= 15 is 0 Å². The largest absolute Gasteiger partial charge is 0.480 e. The average Bonchev–Trinajstić information content (AvgIpc) is 2.67. The third-order valence-corrected chi connectivity index (χ3v) is 5.20. The van der Waals surface area contributed by atoms with Crippen molar-refractivity contribution in [3.63, 3.8) is 0 Å². The lowest BCUT2D eigenvalue weighted by molar-refractivity contribution is -0.136. The lowest BCUT2D eigenvalue weighted by Gasteiger charge is -2.24. The van der Waals surface area contributed by atoms with E-state index in [1.165, 1.54) is 11.3 Å². The van der Waals surface area contributed by atoms with Gasteiger partial charge < -0.3 is 5.11 Å². The summed E-state index contributed by atoms with van der Waals surface area (Å²) >= 11 is 1.31. The van der Waals surface area contributed by atoms with Gasteiger partial charge in [0.25, 0.3) is 0 Å². The molecule has 0 saturated heterocycles. The van der Waals surface area contributed by atoms with Gasteiger partial charge in [0.05, 0.1) is 5.54 Å². The van der Waals surface area contributed by atoms with Gasteiger partial charge in [0.15, 0.2) is 5.25 Å². The molecule has 0 radical (unpaired) electrons. The maximum Gasteiger partial charge on any atom is 0.323 e. The molecule has 2 N–H and O–H groups in total. The van der Waals surface area contributed by atoms with Gasteiger partial charge in [-0.15, -0.1) is 11.3 Å². The summed E-state index contributed by atoms with van der Waals surface area (Å²) in [6.07, 6.45) is 1.57. The van der Waals surface area contributed by atoms with Gasteiger partial charge in [0.2, 0.25) is 10.0 Å². The molecule has 0 aliphatic carbocycles. The Hall–Kier alpha value is -0.990. The minimum Gasteiger partial charge on any atom is -0.480 e. The highest BCUT2D eigenvalue weighted by atomic mass is 32.2. The molecule has 0 saturated carbocycles. The van der Waals surface area contributed by atoms with Crippen LogP contribution >= 0.6 is 11.3 Å². The van der Waals surface area contributed by atoms with E-state index in [0.29, 0.717) is 5.01 Å². The summed E-state index contributed by atoms with van der Waals surface area (Å²) in [5.41, 5.74) is -0.920. The maximum atomic E-state index is 11.8. The molecule has 1 aromatic heterocycles. The fourth-order valence-electron chi connectivity index (χ4n) is 1.15. The van der Waals surface area contributed by atoms with Crippen molar-refractivity contribution in [3.8, 4) is 0 Å². The maximum absolute atomic E-state index is 11.8. The van der Waals surface area contributed by atoms with Crippen LogP contribution in [0.4, 0.5) is 0 Å². The Morgan fingerprint density at radius 3 is 2.59 bits per heavy atom. The van der Waals surface area contributed by atoms with Gasteiger partial charge in [-0.3, -0.25) is 4.79 Å². The third-order valence-electron chi connectivity index (χ3n) is 2.18. The number of hydrogen-bond acceptors (Lipinski definition) is 5. The molecule has 8 heteroatoms. The number of carboxylic acids is 1. The molecule has 1 heterocycles. The number of rotatable bonds is 5. The Balaban J connectivity index is 2.95. The number of nitrogens with zero attached hydrogens (tertiary/aromatic N) is 1. The Kier molecular flexibility index (Phi) is 3.90. The van der Waals surface area contributed by atoms with Crippen LogP contribution in [0.5, 0.6) is 0 Å². The van der Waals surface area contributed by atoms with Gasteiger partial charge in [-0.1, -0.05) is 0 Å². The predicted octanol–water partition coefficient (Wildman–Crippen LogP) is 0.771. The summed E-state index contributed by atoms with van der Waals surface area (Å²) in [5, 5.41) is 9.52. The van der Waals surface area contributed by atoms with E-state index in [2.05, 4.69) is 9.71 Å². The van der Waals surface area contributed by atoms with Crippen molar-refractivity contribution in [2.75, 3.05) is 0 Å². The number of nitrogens with one attached hydrogen (secondary N) is 1. The molecule has 0 spiro atoms. The molecule has 0 aliphatic heterocycles. The lowest BCUT2D eigenvalue weighted by Crippen LogP contribution is -2.46. The third kappa shape index (κ3) is 3.24. The van der Waals surface area contributed by atoms with Crippen molar-refractivity contribution in [1.82, 2.24) is 9.71 Å². The zero-order valence-corrected chi connectivity index (χ0v) is 11.3. The Labute approximate surface area is 104 Å². The van der Waals surface area contributed by atoms with Crippen molar-refractivity contribution in [1.29, 1.82) is 0 Å². The number of thiazole rings is 1. The minimum atomic E-state index is -3.93. The summed E-state index contributed by atoms with van der Waals surface area (Å²) in [4.78, 5) is 14.7. The topological polar surface area (TPSA) is 96.4 Å². The second-order valence-corrected chi connectivity index (χ2v) is 6.99. The van der Waals surface area contributed by atoms with E-state index in [-0.39, 0.29) is 0 Å². The molecule has 1 unspecified atom stereocenters. The van der Waals surface area contributed by atoms with Crippen LogP contribution in [0.1, 0.15) is 25.8 Å². The van der Waals surface area contributed by atoms with Crippen molar-refractivity contribution in [2.45, 2.75) is 31.6 Å². The lowest BCUT2D eigenvalue weighted by atomic mass is 10.1. The number of aliphatic carboxylic acids is 1. The minimum absolute atomic E-state index is 0.582. The van der Waals surface area contributed by atoms with Crippen LogP contribution in [-0.2, 0) is 20.4 Å². The highest BCUT2D eigenvalue weighted by Crippen LogP contribution is 2.23. The fraction of sp³-hybridized carbons (Fsp3) is 0.556. The second kappa shape index (κ2) is 4.71. The Bertz CT molecular complexity index is 493. The first-order valence-corrected chi connectivity index (χ1v) is 7.25. The van der Waals surface area contributed by atoms with E-state index < -0.39 is 26.8 Å². The standard InChI is InChI=1S/C9H14N2O4S2/c1-6(7(12)13)17(14,15)11-9(2,3)8-10-4-5-16-8/h4-6,11H,1-3H3,(H,12,13). The van der Waals surface area contributed by atoms with Crippen LogP contribution < -0.4 is 4.72 Å². The number of carbonyl (C=O) groups is 1. The Morgan fingerprint density at radius 2 is 2.18 bits per heavy atom. The first kappa shape index (κ1) is 14.1.